The Labute approximate surface area is 112 Å². The third kappa shape index (κ3) is 3.54. The summed E-state index contributed by atoms with van der Waals surface area (Å²) < 4.78 is 5.44. The molecule has 0 bridgehead atoms. The Balaban J connectivity index is 2.04. The standard InChI is InChI=1S/C14H18N2O3/c1-10(16-18)11-5-4-6-12(9-11)15-14(17)13-7-2-3-8-19-13/h4-6,9,13,18H,2-3,7-8H2,1H3,(H,15,17). The summed E-state index contributed by atoms with van der Waals surface area (Å²) >= 11 is 0. The maximum absolute atomic E-state index is 12.0. The van der Waals surface area contributed by atoms with E-state index in [9.17, 15) is 4.79 Å². The zero-order valence-corrected chi connectivity index (χ0v) is 10.9. The van der Waals surface area contributed by atoms with Crippen LogP contribution in [0.3, 0.4) is 0 Å². The van der Waals surface area contributed by atoms with Crippen molar-refractivity contribution in [1.29, 1.82) is 0 Å². The van der Waals surface area contributed by atoms with E-state index < -0.39 is 0 Å². The van der Waals surface area contributed by atoms with Crippen LogP contribution in [0.4, 0.5) is 5.69 Å². The van der Waals surface area contributed by atoms with Gasteiger partial charge < -0.3 is 15.3 Å². The van der Waals surface area contributed by atoms with Crippen LogP contribution in [0, 0.1) is 0 Å². The number of ether oxygens (including phenoxy) is 1. The predicted octanol–water partition coefficient (Wildman–Crippen LogP) is 2.39. The van der Waals surface area contributed by atoms with Gasteiger partial charge in [0.2, 0.25) is 0 Å². The first kappa shape index (κ1) is 13.5. The molecule has 102 valence electrons. The molecule has 5 nitrogen and oxygen atoms in total. The number of anilines is 1. The van der Waals surface area contributed by atoms with Crippen LogP contribution in [-0.2, 0) is 9.53 Å². The monoisotopic (exact) mass is 262 g/mol. The zero-order chi connectivity index (χ0) is 13.7. The smallest absolute Gasteiger partial charge is 0.253 e. The summed E-state index contributed by atoms with van der Waals surface area (Å²) in [6, 6.07) is 7.20. The fourth-order valence-corrected chi connectivity index (χ4v) is 2.05. The van der Waals surface area contributed by atoms with Gasteiger partial charge in [-0.3, -0.25) is 4.79 Å². The molecule has 1 fully saturated rings. The van der Waals surface area contributed by atoms with Gasteiger partial charge in [-0.05, 0) is 38.3 Å². The van der Waals surface area contributed by atoms with Crippen molar-refractivity contribution in [2.75, 3.05) is 11.9 Å². The number of hydrogen-bond donors (Lipinski definition) is 2. The van der Waals surface area contributed by atoms with E-state index in [0.717, 1.165) is 24.8 Å². The van der Waals surface area contributed by atoms with E-state index in [-0.39, 0.29) is 12.0 Å². The fourth-order valence-electron chi connectivity index (χ4n) is 2.05. The molecular weight excluding hydrogens is 244 g/mol. The highest BCUT2D eigenvalue weighted by atomic mass is 16.5. The van der Waals surface area contributed by atoms with Gasteiger partial charge in [-0.2, -0.15) is 0 Å². The topological polar surface area (TPSA) is 70.9 Å². The summed E-state index contributed by atoms with van der Waals surface area (Å²) in [6.45, 7) is 2.35. The lowest BCUT2D eigenvalue weighted by molar-refractivity contribution is -0.129. The van der Waals surface area contributed by atoms with E-state index in [4.69, 9.17) is 9.94 Å². The van der Waals surface area contributed by atoms with Gasteiger partial charge in [-0.1, -0.05) is 17.3 Å². The average Bonchev–Trinajstić information content (AvgIpc) is 2.47. The summed E-state index contributed by atoms with van der Waals surface area (Å²) in [5.41, 5.74) is 1.95. The maximum atomic E-state index is 12.0. The molecule has 1 saturated heterocycles. The van der Waals surface area contributed by atoms with Crippen LogP contribution in [0.2, 0.25) is 0 Å². The van der Waals surface area contributed by atoms with E-state index in [1.54, 1.807) is 25.1 Å². The van der Waals surface area contributed by atoms with E-state index >= 15 is 0 Å². The molecule has 2 rings (SSSR count). The Bertz CT molecular complexity index is 479. The van der Waals surface area contributed by atoms with Crippen LogP contribution in [-0.4, -0.2) is 29.5 Å². The molecule has 1 amide bonds. The van der Waals surface area contributed by atoms with E-state index in [1.807, 2.05) is 6.07 Å². The number of hydrogen-bond acceptors (Lipinski definition) is 4. The number of oxime groups is 1. The summed E-state index contributed by atoms with van der Waals surface area (Å²) in [5.74, 6) is -0.115. The summed E-state index contributed by atoms with van der Waals surface area (Å²) in [5, 5.41) is 14.7. The van der Waals surface area contributed by atoms with Crippen molar-refractivity contribution in [3.05, 3.63) is 29.8 Å². The predicted molar refractivity (Wildman–Crippen MR) is 72.7 cm³/mol. The number of rotatable bonds is 3. The van der Waals surface area contributed by atoms with Crippen molar-refractivity contribution in [3.8, 4) is 0 Å². The molecule has 0 aromatic heterocycles. The molecular formula is C14H18N2O3. The van der Waals surface area contributed by atoms with Crippen molar-refractivity contribution < 1.29 is 14.7 Å². The Kier molecular flexibility index (Phi) is 4.52. The molecule has 1 atom stereocenters. The van der Waals surface area contributed by atoms with Gasteiger partial charge in [-0.15, -0.1) is 0 Å². The van der Waals surface area contributed by atoms with E-state index in [0.29, 0.717) is 18.0 Å². The third-order valence-electron chi connectivity index (χ3n) is 3.17. The lowest BCUT2D eigenvalue weighted by Crippen LogP contribution is -2.33. The van der Waals surface area contributed by atoms with Gasteiger partial charge in [0.05, 0.1) is 5.71 Å². The minimum Gasteiger partial charge on any atom is -0.411 e. The number of carbonyl (C=O) groups is 1. The van der Waals surface area contributed by atoms with Gasteiger partial charge in [0.15, 0.2) is 0 Å². The van der Waals surface area contributed by atoms with Gasteiger partial charge in [0, 0.05) is 17.9 Å². The molecule has 1 unspecified atom stereocenters. The molecule has 1 aliphatic rings. The minimum atomic E-state index is -0.356. The summed E-state index contributed by atoms with van der Waals surface area (Å²) in [7, 11) is 0. The first-order chi connectivity index (χ1) is 9.20. The molecule has 1 heterocycles. The highest BCUT2D eigenvalue weighted by Crippen LogP contribution is 2.16. The Hall–Kier alpha value is -1.88. The van der Waals surface area contributed by atoms with Gasteiger partial charge in [0.1, 0.15) is 6.10 Å². The fraction of sp³-hybridized carbons (Fsp3) is 0.429. The third-order valence-corrected chi connectivity index (χ3v) is 3.17. The van der Waals surface area contributed by atoms with Crippen LogP contribution in [0.25, 0.3) is 0 Å². The zero-order valence-electron chi connectivity index (χ0n) is 10.9. The van der Waals surface area contributed by atoms with Crippen LogP contribution < -0.4 is 5.32 Å². The highest BCUT2D eigenvalue weighted by molar-refractivity contribution is 6.00. The normalized spacial score (nSPS) is 20.1. The molecule has 19 heavy (non-hydrogen) atoms. The second-order valence-corrected chi connectivity index (χ2v) is 4.61. The highest BCUT2D eigenvalue weighted by Gasteiger charge is 2.21. The van der Waals surface area contributed by atoms with Crippen molar-refractivity contribution in [3.63, 3.8) is 0 Å². The van der Waals surface area contributed by atoms with Crippen LogP contribution in [0.5, 0.6) is 0 Å². The number of carbonyl (C=O) groups excluding carboxylic acids is 1. The van der Waals surface area contributed by atoms with Crippen molar-refractivity contribution in [1.82, 2.24) is 0 Å². The number of nitrogens with one attached hydrogen (secondary N) is 1. The lowest BCUT2D eigenvalue weighted by Gasteiger charge is -2.21. The molecule has 0 spiro atoms. The second kappa shape index (κ2) is 6.33. The Morgan fingerprint density at radius 1 is 1.47 bits per heavy atom. The van der Waals surface area contributed by atoms with Crippen LogP contribution >= 0.6 is 0 Å². The molecule has 0 saturated carbocycles. The quantitative estimate of drug-likeness (QED) is 0.499. The maximum Gasteiger partial charge on any atom is 0.253 e. The molecule has 1 aromatic carbocycles. The lowest BCUT2D eigenvalue weighted by atomic mass is 10.1. The van der Waals surface area contributed by atoms with Gasteiger partial charge in [0.25, 0.3) is 5.91 Å². The average molecular weight is 262 g/mol. The first-order valence-corrected chi connectivity index (χ1v) is 6.42. The van der Waals surface area contributed by atoms with Crippen molar-refractivity contribution in [2.24, 2.45) is 5.16 Å². The van der Waals surface area contributed by atoms with Crippen LogP contribution in [0.15, 0.2) is 29.4 Å². The van der Waals surface area contributed by atoms with Crippen LogP contribution in [0.1, 0.15) is 31.7 Å². The second-order valence-electron chi connectivity index (χ2n) is 4.61. The van der Waals surface area contributed by atoms with Gasteiger partial charge >= 0.3 is 0 Å². The molecule has 5 heteroatoms. The first-order valence-electron chi connectivity index (χ1n) is 6.42. The molecule has 1 aromatic rings. The number of nitrogens with zero attached hydrogens (tertiary/aromatic N) is 1. The summed E-state index contributed by atoms with van der Waals surface area (Å²) in [4.78, 5) is 12.0. The molecule has 0 radical (unpaired) electrons. The SMILES string of the molecule is CC(=NO)c1cccc(NC(=O)C2CCCCO2)c1. The van der Waals surface area contributed by atoms with E-state index in [2.05, 4.69) is 10.5 Å². The van der Waals surface area contributed by atoms with Crippen molar-refractivity contribution in [2.45, 2.75) is 32.3 Å². The minimum absolute atomic E-state index is 0.115. The van der Waals surface area contributed by atoms with E-state index in [1.165, 1.54) is 0 Å². The van der Waals surface area contributed by atoms with Gasteiger partial charge in [-0.25, -0.2) is 0 Å². The Morgan fingerprint density at radius 2 is 2.32 bits per heavy atom. The summed E-state index contributed by atoms with van der Waals surface area (Å²) in [6.07, 6.45) is 2.45. The largest absolute Gasteiger partial charge is 0.411 e. The Morgan fingerprint density at radius 3 is 3.00 bits per heavy atom. The van der Waals surface area contributed by atoms with Crippen molar-refractivity contribution >= 4 is 17.3 Å². The number of amides is 1. The molecule has 1 aliphatic heterocycles. The molecule has 0 aliphatic carbocycles. The molecule has 2 N–H and O–H groups in total. The number of benzene rings is 1.